The summed E-state index contributed by atoms with van der Waals surface area (Å²) in [6, 6.07) is 10.0. The summed E-state index contributed by atoms with van der Waals surface area (Å²) >= 11 is 1.47. The minimum absolute atomic E-state index is 0.176. The highest BCUT2D eigenvalue weighted by atomic mass is 32.2. The molecular weight excluding hydrogens is 320 g/mol. The Morgan fingerprint density at radius 1 is 1.08 bits per heavy atom. The third kappa shape index (κ3) is 4.60. The molecule has 2 aromatic rings. The van der Waals surface area contributed by atoms with Gasteiger partial charge in [-0.3, -0.25) is 4.79 Å². The molecule has 0 N–H and O–H groups in total. The zero-order valence-corrected chi connectivity index (χ0v) is 15.6. The highest BCUT2D eigenvalue weighted by molar-refractivity contribution is 7.99. The van der Waals surface area contributed by atoms with Gasteiger partial charge in [-0.2, -0.15) is 0 Å². The summed E-state index contributed by atoms with van der Waals surface area (Å²) in [6.07, 6.45) is 1.97. The number of carbonyl (C=O) groups excluding carboxylic acids is 1. The van der Waals surface area contributed by atoms with E-state index in [2.05, 4.69) is 35.5 Å². The standard InChI is InChI=1S/C18H26N4OS/c1-4-12-21(13-5-2)16(23)14-24-18-20-19-17(22(18)6-3)15-10-8-7-9-11-15/h7-11H,4-6,12-14H2,1-3H3. The first-order valence-electron chi connectivity index (χ1n) is 8.60. The van der Waals surface area contributed by atoms with Gasteiger partial charge in [-0.05, 0) is 19.8 Å². The van der Waals surface area contributed by atoms with Crippen molar-refractivity contribution in [1.82, 2.24) is 19.7 Å². The van der Waals surface area contributed by atoms with Crippen LogP contribution in [0.1, 0.15) is 33.6 Å². The predicted octanol–water partition coefficient (Wildman–Crippen LogP) is 3.71. The topological polar surface area (TPSA) is 51.0 Å². The Bertz CT molecular complexity index is 636. The van der Waals surface area contributed by atoms with Gasteiger partial charge in [0.05, 0.1) is 5.75 Å². The summed E-state index contributed by atoms with van der Waals surface area (Å²) in [4.78, 5) is 14.4. The van der Waals surface area contributed by atoms with Crippen LogP contribution in [0.2, 0.25) is 0 Å². The van der Waals surface area contributed by atoms with Crippen LogP contribution in [0.5, 0.6) is 0 Å². The molecule has 1 amide bonds. The fraction of sp³-hybridized carbons (Fsp3) is 0.500. The lowest BCUT2D eigenvalue weighted by molar-refractivity contribution is -0.128. The van der Waals surface area contributed by atoms with Crippen molar-refractivity contribution >= 4 is 17.7 Å². The number of hydrogen-bond donors (Lipinski definition) is 0. The quantitative estimate of drug-likeness (QED) is 0.650. The highest BCUT2D eigenvalue weighted by Gasteiger charge is 2.17. The smallest absolute Gasteiger partial charge is 0.233 e. The van der Waals surface area contributed by atoms with Crippen molar-refractivity contribution in [2.24, 2.45) is 0 Å². The van der Waals surface area contributed by atoms with Gasteiger partial charge in [0.25, 0.3) is 0 Å². The van der Waals surface area contributed by atoms with Gasteiger partial charge in [0.15, 0.2) is 11.0 Å². The molecule has 6 heteroatoms. The first-order chi connectivity index (χ1) is 11.7. The average molecular weight is 347 g/mol. The number of amides is 1. The van der Waals surface area contributed by atoms with Crippen LogP contribution in [0, 0.1) is 0 Å². The van der Waals surface area contributed by atoms with Gasteiger partial charge >= 0.3 is 0 Å². The van der Waals surface area contributed by atoms with E-state index in [4.69, 9.17) is 0 Å². The van der Waals surface area contributed by atoms with Crippen LogP contribution in [-0.2, 0) is 11.3 Å². The second kappa shape index (κ2) is 9.47. The molecule has 0 bridgehead atoms. The third-order valence-electron chi connectivity index (χ3n) is 3.73. The summed E-state index contributed by atoms with van der Waals surface area (Å²) in [7, 11) is 0. The molecular formula is C18H26N4OS. The van der Waals surface area contributed by atoms with E-state index in [9.17, 15) is 4.79 Å². The first-order valence-corrected chi connectivity index (χ1v) is 9.58. The van der Waals surface area contributed by atoms with Crippen molar-refractivity contribution in [3.8, 4) is 11.4 Å². The third-order valence-corrected chi connectivity index (χ3v) is 4.68. The van der Waals surface area contributed by atoms with E-state index in [1.54, 1.807) is 0 Å². The van der Waals surface area contributed by atoms with Crippen LogP contribution in [0.15, 0.2) is 35.5 Å². The zero-order valence-electron chi connectivity index (χ0n) is 14.7. The Balaban J connectivity index is 2.08. The normalized spacial score (nSPS) is 10.8. The van der Waals surface area contributed by atoms with Gasteiger partial charge in [0.2, 0.25) is 5.91 Å². The van der Waals surface area contributed by atoms with Crippen LogP contribution < -0.4 is 0 Å². The molecule has 0 aliphatic carbocycles. The van der Waals surface area contributed by atoms with E-state index in [-0.39, 0.29) is 5.91 Å². The summed E-state index contributed by atoms with van der Waals surface area (Å²) in [5.41, 5.74) is 1.05. The van der Waals surface area contributed by atoms with Gasteiger partial charge in [-0.1, -0.05) is 55.9 Å². The van der Waals surface area contributed by atoms with Crippen LogP contribution in [0.4, 0.5) is 0 Å². The molecule has 0 radical (unpaired) electrons. The zero-order chi connectivity index (χ0) is 17.4. The predicted molar refractivity (Wildman–Crippen MR) is 99.0 cm³/mol. The monoisotopic (exact) mass is 346 g/mol. The number of nitrogens with zero attached hydrogens (tertiary/aromatic N) is 4. The van der Waals surface area contributed by atoms with E-state index < -0.39 is 0 Å². The Kier molecular flexibility index (Phi) is 7.31. The van der Waals surface area contributed by atoms with Gasteiger partial charge in [0, 0.05) is 25.2 Å². The van der Waals surface area contributed by atoms with Gasteiger partial charge < -0.3 is 9.47 Å². The van der Waals surface area contributed by atoms with Gasteiger partial charge in [-0.25, -0.2) is 0 Å². The number of aromatic nitrogens is 3. The van der Waals surface area contributed by atoms with Gasteiger partial charge in [-0.15, -0.1) is 10.2 Å². The Morgan fingerprint density at radius 3 is 2.33 bits per heavy atom. The van der Waals surface area contributed by atoms with Gasteiger partial charge in [0.1, 0.15) is 0 Å². The number of hydrogen-bond acceptors (Lipinski definition) is 4. The second-order valence-corrected chi connectivity index (χ2v) is 6.53. The molecule has 2 rings (SSSR count). The first kappa shape index (κ1) is 18.5. The molecule has 0 saturated heterocycles. The maximum atomic E-state index is 12.4. The number of benzene rings is 1. The molecule has 0 saturated carbocycles. The van der Waals surface area contributed by atoms with Crippen LogP contribution >= 0.6 is 11.8 Å². The second-order valence-electron chi connectivity index (χ2n) is 5.59. The number of rotatable bonds is 9. The van der Waals surface area contributed by atoms with Crippen LogP contribution in [0.3, 0.4) is 0 Å². The lowest BCUT2D eigenvalue weighted by Crippen LogP contribution is -2.33. The SMILES string of the molecule is CCCN(CCC)C(=O)CSc1nnc(-c2ccccc2)n1CC. The summed E-state index contributed by atoms with van der Waals surface area (Å²) in [5, 5.41) is 9.42. The Hall–Kier alpha value is -1.82. The fourth-order valence-corrected chi connectivity index (χ4v) is 3.51. The fourth-order valence-electron chi connectivity index (χ4n) is 2.60. The average Bonchev–Trinajstić information content (AvgIpc) is 3.03. The summed E-state index contributed by atoms with van der Waals surface area (Å²) in [6.45, 7) is 8.70. The molecule has 0 atom stereocenters. The maximum Gasteiger partial charge on any atom is 0.233 e. The van der Waals surface area contributed by atoms with Crippen LogP contribution in [0.25, 0.3) is 11.4 Å². The van der Waals surface area contributed by atoms with Crippen molar-refractivity contribution < 1.29 is 4.79 Å². The molecule has 24 heavy (non-hydrogen) atoms. The number of carbonyl (C=O) groups is 1. The Labute approximate surface area is 148 Å². The van der Waals surface area contributed by atoms with Crippen molar-refractivity contribution in [1.29, 1.82) is 0 Å². The summed E-state index contributed by atoms with van der Waals surface area (Å²) < 4.78 is 2.07. The van der Waals surface area contributed by atoms with E-state index >= 15 is 0 Å². The van der Waals surface area contributed by atoms with E-state index in [0.717, 1.165) is 49.0 Å². The molecule has 5 nitrogen and oxygen atoms in total. The summed E-state index contributed by atoms with van der Waals surface area (Å²) in [5.74, 6) is 1.44. The van der Waals surface area contributed by atoms with E-state index in [1.165, 1.54) is 11.8 Å². The van der Waals surface area contributed by atoms with E-state index in [0.29, 0.717) is 5.75 Å². The lowest BCUT2D eigenvalue weighted by atomic mass is 10.2. The van der Waals surface area contributed by atoms with Crippen molar-refractivity contribution in [2.45, 2.75) is 45.3 Å². The van der Waals surface area contributed by atoms with Crippen LogP contribution in [-0.4, -0.2) is 44.4 Å². The van der Waals surface area contributed by atoms with Crippen molar-refractivity contribution in [2.75, 3.05) is 18.8 Å². The molecule has 1 heterocycles. The molecule has 1 aromatic heterocycles. The molecule has 0 fully saturated rings. The minimum Gasteiger partial charge on any atom is -0.342 e. The maximum absolute atomic E-state index is 12.4. The lowest BCUT2D eigenvalue weighted by Gasteiger charge is -2.21. The van der Waals surface area contributed by atoms with Crippen molar-refractivity contribution in [3.63, 3.8) is 0 Å². The van der Waals surface area contributed by atoms with Crippen molar-refractivity contribution in [3.05, 3.63) is 30.3 Å². The molecule has 0 unspecified atom stereocenters. The molecule has 1 aromatic carbocycles. The minimum atomic E-state index is 0.176. The molecule has 0 aliphatic heterocycles. The molecule has 130 valence electrons. The Morgan fingerprint density at radius 2 is 1.75 bits per heavy atom. The van der Waals surface area contributed by atoms with E-state index in [1.807, 2.05) is 35.2 Å². The number of thioether (sulfide) groups is 1. The largest absolute Gasteiger partial charge is 0.342 e. The molecule has 0 spiro atoms. The highest BCUT2D eigenvalue weighted by Crippen LogP contribution is 2.24. The molecule has 0 aliphatic rings.